The average Bonchev–Trinajstić information content (AvgIpc) is 3.55. The average molecular weight is 654 g/mol. The van der Waals surface area contributed by atoms with E-state index in [1.54, 1.807) is 0 Å². The number of hydrogen-bond donors (Lipinski definition) is 0. The highest BCUT2D eigenvalue weighted by molar-refractivity contribution is 6.14. The van der Waals surface area contributed by atoms with Crippen molar-refractivity contribution in [3.05, 3.63) is 186 Å². The van der Waals surface area contributed by atoms with Gasteiger partial charge in [-0.25, -0.2) is 0 Å². The molecule has 1 heteroatoms. The van der Waals surface area contributed by atoms with E-state index in [0.717, 1.165) is 5.69 Å². The standard InChI is InChI=1S/C50H39N/c1-49(2)44-22-11-9-17-39(44)41-29-28-35(31-46(41)49)51(47-30-33-14-5-6-15-36(33)38-16-7-8-19-42(38)47)34-26-24-32(25-27-34)37-20-13-21-43-40-18-10-12-23-45(40)50(3,4)48(37)43/h5-31H,1-4H3. The Morgan fingerprint density at radius 2 is 0.922 bits per heavy atom. The van der Waals surface area contributed by atoms with Crippen molar-refractivity contribution < 1.29 is 0 Å². The van der Waals surface area contributed by atoms with Crippen LogP contribution in [0.2, 0.25) is 0 Å². The zero-order chi connectivity index (χ0) is 34.5. The molecule has 0 saturated carbocycles. The van der Waals surface area contributed by atoms with Crippen LogP contribution in [0, 0.1) is 0 Å². The Hall–Kier alpha value is -5.92. The number of hydrogen-bond acceptors (Lipinski definition) is 1. The van der Waals surface area contributed by atoms with E-state index < -0.39 is 0 Å². The third kappa shape index (κ3) is 4.28. The molecular formula is C50H39N. The van der Waals surface area contributed by atoms with Gasteiger partial charge in [-0.3, -0.25) is 0 Å². The molecule has 51 heavy (non-hydrogen) atoms. The third-order valence-corrected chi connectivity index (χ3v) is 11.8. The van der Waals surface area contributed by atoms with Crippen LogP contribution in [0.15, 0.2) is 164 Å². The van der Waals surface area contributed by atoms with Crippen molar-refractivity contribution in [3.8, 4) is 33.4 Å². The molecule has 244 valence electrons. The predicted octanol–water partition coefficient (Wildman–Crippen LogP) is 13.7. The molecular weight excluding hydrogens is 615 g/mol. The summed E-state index contributed by atoms with van der Waals surface area (Å²) in [5.74, 6) is 0. The van der Waals surface area contributed by atoms with Gasteiger partial charge in [0.1, 0.15) is 0 Å². The molecule has 0 aromatic heterocycles. The maximum absolute atomic E-state index is 2.48. The lowest BCUT2D eigenvalue weighted by atomic mass is 9.79. The molecule has 2 aliphatic rings. The molecule has 0 heterocycles. The smallest absolute Gasteiger partial charge is 0.0546 e. The summed E-state index contributed by atoms with van der Waals surface area (Å²) in [6, 6.07) is 61.0. The first kappa shape index (κ1) is 29.9. The monoisotopic (exact) mass is 653 g/mol. The topological polar surface area (TPSA) is 3.24 Å². The van der Waals surface area contributed by atoms with Crippen molar-refractivity contribution in [1.82, 2.24) is 0 Å². The van der Waals surface area contributed by atoms with Crippen molar-refractivity contribution in [1.29, 1.82) is 0 Å². The van der Waals surface area contributed by atoms with Crippen LogP contribution < -0.4 is 4.90 Å². The largest absolute Gasteiger partial charge is 0.310 e. The SMILES string of the molecule is CC1(C)c2ccccc2-c2ccc(N(c3ccc(-c4cccc5c4C(C)(C)c4ccccc4-5)cc3)c3cc4ccccc4c4ccccc34)cc21. The third-order valence-electron chi connectivity index (χ3n) is 11.8. The summed E-state index contributed by atoms with van der Waals surface area (Å²) in [7, 11) is 0. The highest BCUT2D eigenvalue weighted by Crippen LogP contribution is 2.53. The normalized spacial score (nSPS) is 14.6. The first-order chi connectivity index (χ1) is 24.8. The maximum atomic E-state index is 2.48. The fraction of sp³-hybridized carbons (Fsp3) is 0.120. The molecule has 10 rings (SSSR count). The molecule has 0 aliphatic heterocycles. The summed E-state index contributed by atoms with van der Waals surface area (Å²) in [5.41, 5.74) is 16.8. The van der Waals surface area contributed by atoms with E-state index in [1.807, 2.05) is 0 Å². The van der Waals surface area contributed by atoms with Gasteiger partial charge in [-0.2, -0.15) is 0 Å². The molecule has 0 bridgehead atoms. The summed E-state index contributed by atoms with van der Waals surface area (Å²) in [6.07, 6.45) is 0. The molecule has 0 N–H and O–H groups in total. The second kappa shape index (κ2) is 10.8. The van der Waals surface area contributed by atoms with E-state index in [1.165, 1.54) is 88.6 Å². The lowest BCUT2D eigenvalue weighted by Crippen LogP contribution is -2.17. The Bertz CT molecular complexity index is 2690. The molecule has 0 saturated heterocycles. The molecule has 0 fully saturated rings. The van der Waals surface area contributed by atoms with Crippen molar-refractivity contribution in [2.45, 2.75) is 38.5 Å². The summed E-state index contributed by atoms with van der Waals surface area (Å²) < 4.78 is 0. The van der Waals surface area contributed by atoms with Gasteiger partial charge in [-0.05, 0) is 102 Å². The molecule has 0 atom stereocenters. The van der Waals surface area contributed by atoms with E-state index in [-0.39, 0.29) is 10.8 Å². The summed E-state index contributed by atoms with van der Waals surface area (Å²) >= 11 is 0. The Labute approximate surface area is 300 Å². The Balaban J connectivity index is 1.17. The van der Waals surface area contributed by atoms with Gasteiger partial charge in [-0.1, -0.05) is 161 Å². The number of rotatable bonds is 4. The molecule has 0 radical (unpaired) electrons. The van der Waals surface area contributed by atoms with Gasteiger partial charge in [0.15, 0.2) is 0 Å². The van der Waals surface area contributed by atoms with E-state index in [2.05, 4.69) is 196 Å². The number of anilines is 3. The van der Waals surface area contributed by atoms with Crippen LogP contribution in [0.3, 0.4) is 0 Å². The minimum atomic E-state index is -0.0962. The van der Waals surface area contributed by atoms with Gasteiger partial charge in [0.05, 0.1) is 5.69 Å². The van der Waals surface area contributed by atoms with E-state index in [9.17, 15) is 0 Å². The van der Waals surface area contributed by atoms with Crippen LogP contribution in [0.1, 0.15) is 49.9 Å². The lowest BCUT2D eigenvalue weighted by molar-refractivity contribution is 0.660. The van der Waals surface area contributed by atoms with Crippen LogP contribution in [0.25, 0.3) is 54.9 Å². The van der Waals surface area contributed by atoms with Gasteiger partial charge in [0, 0.05) is 27.6 Å². The van der Waals surface area contributed by atoms with E-state index >= 15 is 0 Å². The quantitative estimate of drug-likeness (QED) is 0.171. The molecule has 0 unspecified atom stereocenters. The number of nitrogens with zero attached hydrogens (tertiary/aromatic N) is 1. The summed E-state index contributed by atoms with van der Waals surface area (Å²) in [4.78, 5) is 2.48. The molecule has 8 aromatic rings. The van der Waals surface area contributed by atoms with Crippen molar-refractivity contribution >= 4 is 38.6 Å². The van der Waals surface area contributed by atoms with Crippen LogP contribution in [-0.4, -0.2) is 0 Å². The van der Waals surface area contributed by atoms with Gasteiger partial charge < -0.3 is 4.90 Å². The zero-order valence-electron chi connectivity index (χ0n) is 29.5. The van der Waals surface area contributed by atoms with E-state index in [0.29, 0.717) is 0 Å². The highest BCUT2D eigenvalue weighted by atomic mass is 15.1. The first-order valence-electron chi connectivity index (χ1n) is 18.1. The molecule has 2 aliphatic carbocycles. The number of fused-ring (bicyclic) bond motifs is 9. The van der Waals surface area contributed by atoms with Crippen LogP contribution in [0.4, 0.5) is 17.1 Å². The van der Waals surface area contributed by atoms with Gasteiger partial charge >= 0.3 is 0 Å². The second-order valence-electron chi connectivity index (χ2n) is 15.3. The highest BCUT2D eigenvalue weighted by Gasteiger charge is 2.38. The van der Waals surface area contributed by atoms with Crippen molar-refractivity contribution in [2.24, 2.45) is 0 Å². The molecule has 0 spiro atoms. The molecule has 0 amide bonds. The summed E-state index contributed by atoms with van der Waals surface area (Å²) in [6.45, 7) is 9.47. The second-order valence-corrected chi connectivity index (χ2v) is 15.3. The molecule has 8 aromatic carbocycles. The molecule has 1 nitrogen and oxygen atoms in total. The minimum absolute atomic E-state index is 0.0773. The van der Waals surface area contributed by atoms with Crippen LogP contribution >= 0.6 is 0 Å². The van der Waals surface area contributed by atoms with Crippen molar-refractivity contribution in [2.75, 3.05) is 4.90 Å². The van der Waals surface area contributed by atoms with Gasteiger partial charge in [0.25, 0.3) is 0 Å². The first-order valence-corrected chi connectivity index (χ1v) is 18.1. The Morgan fingerprint density at radius 3 is 1.69 bits per heavy atom. The van der Waals surface area contributed by atoms with Crippen molar-refractivity contribution in [3.63, 3.8) is 0 Å². The lowest BCUT2D eigenvalue weighted by Gasteiger charge is -2.30. The minimum Gasteiger partial charge on any atom is -0.310 e. The fourth-order valence-electron chi connectivity index (χ4n) is 9.36. The van der Waals surface area contributed by atoms with Gasteiger partial charge in [0.2, 0.25) is 0 Å². The number of benzene rings is 8. The predicted molar refractivity (Wildman–Crippen MR) is 217 cm³/mol. The summed E-state index contributed by atoms with van der Waals surface area (Å²) in [5, 5.41) is 5.02. The Morgan fingerprint density at radius 1 is 0.373 bits per heavy atom. The van der Waals surface area contributed by atoms with E-state index in [4.69, 9.17) is 0 Å². The van der Waals surface area contributed by atoms with Gasteiger partial charge in [-0.15, -0.1) is 0 Å². The van der Waals surface area contributed by atoms with Crippen LogP contribution in [0.5, 0.6) is 0 Å². The zero-order valence-corrected chi connectivity index (χ0v) is 29.5. The maximum Gasteiger partial charge on any atom is 0.0546 e. The fourth-order valence-corrected chi connectivity index (χ4v) is 9.36. The van der Waals surface area contributed by atoms with Crippen LogP contribution in [-0.2, 0) is 10.8 Å². The Kier molecular flexibility index (Phi) is 6.34.